The van der Waals surface area contributed by atoms with E-state index in [1.165, 1.54) is 0 Å². The quantitative estimate of drug-likeness (QED) is 0.785. The van der Waals surface area contributed by atoms with Gasteiger partial charge >= 0.3 is 0 Å². The fourth-order valence-electron chi connectivity index (χ4n) is 3.81. The van der Waals surface area contributed by atoms with Crippen molar-refractivity contribution in [1.82, 2.24) is 10.3 Å². The minimum absolute atomic E-state index is 0.132. The summed E-state index contributed by atoms with van der Waals surface area (Å²) < 4.78 is 0. The molecule has 1 aromatic heterocycles. The second kappa shape index (κ2) is 5.91. The fraction of sp³-hybridized carbons (Fsp3) is 0.368. The third-order valence-corrected chi connectivity index (χ3v) is 5.07. The van der Waals surface area contributed by atoms with Gasteiger partial charge in [0.2, 0.25) is 0 Å². The van der Waals surface area contributed by atoms with Gasteiger partial charge in [0, 0.05) is 12.1 Å². The van der Waals surface area contributed by atoms with E-state index >= 15 is 0 Å². The molecule has 1 amide bonds. The lowest BCUT2D eigenvalue weighted by Gasteiger charge is -2.19. The summed E-state index contributed by atoms with van der Waals surface area (Å²) >= 11 is 0. The molecular formula is C19H20N2O3. The van der Waals surface area contributed by atoms with Crippen LogP contribution >= 0.6 is 0 Å². The summed E-state index contributed by atoms with van der Waals surface area (Å²) in [5, 5.41) is 13.1. The number of pyridine rings is 1. The molecule has 2 aliphatic carbocycles. The maximum atomic E-state index is 12.6. The molecule has 0 fully saturated rings. The molecule has 0 bridgehead atoms. The summed E-state index contributed by atoms with van der Waals surface area (Å²) in [6, 6.07) is 8.93. The molecule has 0 saturated heterocycles. The van der Waals surface area contributed by atoms with Crippen molar-refractivity contribution in [3.63, 3.8) is 0 Å². The molecule has 4 rings (SSSR count). The Bertz CT molecular complexity index is 856. The number of aliphatic hydroxyl groups is 1. The standard InChI is InChI=1S/C19H20N2O3/c22-16-10-11-5-1-3-7-13(11)17(16)21-19(24)14-9-12-6-2-4-8-15(12)20-18(14)23/h1,3,5,7,9,16-17,22H,2,4,6,8,10H2,(H,20,23)(H,21,24). The lowest BCUT2D eigenvalue weighted by molar-refractivity contribution is 0.0856. The van der Waals surface area contributed by atoms with Crippen molar-refractivity contribution in [3.05, 3.63) is 68.6 Å². The number of amides is 1. The fourth-order valence-corrected chi connectivity index (χ4v) is 3.81. The van der Waals surface area contributed by atoms with Crippen LogP contribution < -0.4 is 10.9 Å². The number of carbonyl (C=O) groups excluding carboxylic acids is 1. The number of aryl methyl sites for hydroxylation is 2. The smallest absolute Gasteiger partial charge is 0.261 e. The largest absolute Gasteiger partial charge is 0.390 e. The molecule has 5 nitrogen and oxygen atoms in total. The number of aliphatic hydroxyl groups excluding tert-OH is 1. The van der Waals surface area contributed by atoms with Crippen molar-refractivity contribution in [2.24, 2.45) is 0 Å². The number of H-pyrrole nitrogens is 1. The Morgan fingerprint density at radius 2 is 1.96 bits per heavy atom. The molecule has 1 heterocycles. The number of benzene rings is 1. The first-order valence-corrected chi connectivity index (χ1v) is 8.45. The zero-order valence-corrected chi connectivity index (χ0v) is 13.3. The first kappa shape index (κ1) is 15.1. The number of fused-ring (bicyclic) bond motifs is 2. The first-order chi connectivity index (χ1) is 11.6. The summed E-state index contributed by atoms with van der Waals surface area (Å²) in [7, 11) is 0. The average molecular weight is 324 g/mol. The minimum Gasteiger partial charge on any atom is -0.390 e. The zero-order valence-electron chi connectivity index (χ0n) is 13.3. The molecule has 5 heteroatoms. The van der Waals surface area contributed by atoms with Gasteiger partial charge < -0.3 is 15.4 Å². The number of aromatic amines is 1. The van der Waals surface area contributed by atoms with Crippen molar-refractivity contribution in [2.75, 3.05) is 0 Å². The number of hydrogen-bond donors (Lipinski definition) is 3. The Balaban J connectivity index is 1.62. The van der Waals surface area contributed by atoms with Crippen LogP contribution in [0.5, 0.6) is 0 Å². The first-order valence-electron chi connectivity index (χ1n) is 8.45. The number of nitrogens with one attached hydrogen (secondary N) is 2. The average Bonchev–Trinajstić information content (AvgIpc) is 2.90. The zero-order chi connectivity index (χ0) is 16.7. The third-order valence-electron chi connectivity index (χ3n) is 5.07. The van der Waals surface area contributed by atoms with Crippen molar-refractivity contribution < 1.29 is 9.90 Å². The molecule has 2 atom stereocenters. The Morgan fingerprint density at radius 1 is 1.17 bits per heavy atom. The summed E-state index contributed by atoms with van der Waals surface area (Å²) in [6.07, 6.45) is 3.75. The Hall–Kier alpha value is -2.40. The van der Waals surface area contributed by atoms with Crippen molar-refractivity contribution in [1.29, 1.82) is 0 Å². The summed E-state index contributed by atoms with van der Waals surface area (Å²) in [5.74, 6) is -0.426. The van der Waals surface area contributed by atoms with Gasteiger partial charge in [-0.05, 0) is 48.4 Å². The van der Waals surface area contributed by atoms with Gasteiger partial charge in [0.25, 0.3) is 11.5 Å². The van der Waals surface area contributed by atoms with Crippen molar-refractivity contribution in [2.45, 2.75) is 44.2 Å². The van der Waals surface area contributed by atoms with Gasteiger partial charge in [0.1, 0.15) is 5.56 Å². The number of rotatable bonds is 2. The molecule has 0 aliphatic heterocycles. The Kier molecular flexibility index (Phi) is 3.73. The second-order valence-corrected chi connectivity index (χ2v) is 6.64. The number of hydrogen-bond acceptors (Lipinski definition) is 3. The highest BCUT2D eigenvalue weighted by Crippen LogP contribution is 2.31. The minimum atomic E-state index is -0.664. The Labute approximate surface area is 139 Å². The molecule has 124 valence electrons. The molecule has 2 unspecified atom stereocenters. The van der Waals surface area contributed by atoms with E-state index < -0.39 is 18.1 Å². The Morgan fingerprint density at radius 3 is 2.83 bits per heavy atom. The SMILES string of the molecule is O=C(NC1c2ccccc2CC1O)c1cc2c([nH]c1=O)CCCC2. The van der Waals surface area contributed by atoms with Crippen LogP contribution in [0.4, 0.5) is 0 Å². The normalized spacial score (nSPS) is 21.9. The molecular weight excluding hydrogens is 304 g/mol. The van der Waals surface area contributed by atoms with E-state index in [2.05, 4.69) is 10.3 Å². The van der Waals surface area contributed by atoms with Gasteiger partial charge in [0.15, 0.2) is 0 Å². The molecule has 0 radical (unpaired) electrons. The predicted octanol–water partition coefficient (Wildman–Crippen LogP) is 1.64. The van der Waals surface area contributed by atoms with Crippen LogP contribution in [0.15, 0.2) is 35.1 Å². The van der Waals surface area contributed by atoms with E-state index in [0.717, 1.165) is 48.1 Å². The van der Waals surface area contributed by atoms with Crippen molar-refractivity contribution >= 4 is 5.91 Å². The van der Waals surface area contributed by atoms with Crippen LogP contribution in [-0.4, -0.2) is 22.1 Å². The third kappa shape index (κ3) is 2.55. The van der Waals surface area contributed by atoms with E-state index in [1.807, 2.05) is 24.3 Å². The molecule has 0 saturated carbocycles. The van der Waals surface area contributed by atoms with E-state index in [-0.39, 0.29) is 11.1 Å². The van der Waals surface area contributed by atoms with E-state index in [1.54, 1.807) is 6.07 Å². The highest BCUT2D eigenvalue weighted by atomic mass is 16.3. The lowest BCUT2D eigenvalue weighted by Crippen LogP contribution is -2.37. The molecule has 3 N–H and O–H groups in total. The highest BCUT2D eigenvalue weighted by Gasteiger charge is 2.32. The predicted molar refractivity (Wildman–Crippen MR) is 90.1 cm³/mol. The van der Waals surface area contributed by atoms with Gasteiger partial charge in [-0.2, -0.15) is 0 Å². The van der Waals surface area contributed by atoms with E-state index in [9.17, 15) is 14.7 Å². The van der Waals surface area contributed by atoms with Gasteiger partial charge in [-0.25, -0.2) is 0 Å². The van der Waals surface area contributed by atoms with Crippen LogP contribution in [0.3, 0.4) is 0 Å². The van der Waals surface area contributed by atoms with Gasteiger partial charge in [-0.1, -0.05) is 24.3 Å². The van der Waals surface area contributed by atoms with Gasteiger partial charge in [-0.3, -0.25) is 9.59 Å². The van der Waals surface area contributed by atoms with E-state index in [0.29, 0.717) is 6.42 Å². The molecule has 2 aliphatic rings. The van der Waals surface area contributed by atoms with Crippen LogP contribution in [0.1, 0.15) is 51.6 Å². The number of aromatic nitrogens is 1. The van der Waals surface area contributed by atoms with E-state index in [4.69, 9.17) is 0 Å². The maximum absolute atomic E-state index is 12.6. The molecule has 0 spiro atoms. The van der Waals surface area contributed by atoms with Crippen LogP contribution in [0, 0.1) is 0 Å². The summed E-state index contributed by atoms with van der Waals surface area (Å²) in [4.78, 5) is 27.7. The summed E-state index contributed by atoms with van der Waals surface area (Å²) in [6.45, 7) is 0. The van der Waals surface area contributed by atoms with Crippen LogP contribution in [0.25, 0.3) is 0 Å². The van der Waals surface area contributed by atoms with Gasteiger partial charge in [-0.15, -0.1) is 0 Å². The molecule has 24 heavy (non-hydrogen) atoms. The van der Waals surface area contributed by atoms with Crippen LogP contribution in [0.2, 0.25) is 0 Å². The maximum Gasteiger partial charge on any atom is 0.261 e. The van der Waals surface area contributed by atoms with Gasteiger partial charge in [0.05, 0.1) is 12.1 Å². The second-order valence-electron chi connectivity index (χ2n) is 6.64. The summed E-state index contributed by atoms with van der Waals surface area (Å²) in [5.41, 5.74) is 3.75. The highest BCUT2D eigenvalue weighted by molar-refractivity contribution is 5.94. The monoisotopic (exact) mass is 324 g/mol. The molecule has 1 aromatic carbocycles. The molecule has 2 aromatic rings. The number of carbonyl (C=O) groups is 1. The van der Waals surface area contributed by atoms with Crippen LogP contribution in [-0.2, 0) is 19.3 Å². The van der Waals surface area contributed by atoms with Crippen molar-refractivity contribution in [3.8, 4) is 0 Å². The lowest BCUT2D eigenvalue weighted by atomic mass is 9.95. The topological polar surface area (TPSA) is 82.2 Å².